The lowest BCUT2D eigenvalue weighted by Gasteiger charge is -2.07. The van der Waals surface area contributed by atoms with Gasteiger partial charge in [0, 0.05) is 24.9 Å². The fourth-order valence-corrected chi connectivity index (χ4v) is 1.78. The molecule has 96 valence electrons. The Balaban J connectivity index is 2.13. The van der Waals surface area contributed by atoms with E-state index in [-0.39, 0.29) is 0 Å². The smallest absolute Gasteiger partial charge is 0.0735 e. The highest BCUT2D eigenvalue weighted by molar-refractivity contribution is 5.18. The first-order valence-corrected chi connectivity index (χ1v) is 6.59. The van der Waals surface area contributed by atoms with Crippen LogP contribution in [0.5, 0.6) is 0 Å². The van der Waals surface area contributed by atoms with Crippen LogP contribution in [0.2, 0.25) is 0 Å². The summed E-state index contributed by atoms with van der Waals surface area (Å²) in [5.74, 6) is 0. The van der Waals surface area contributed by atoms with Gasteiger partial charge in [0.1, 0.15) is 0 Å². The fourth-order valence-electron chi connectivity index (χ4n) is 1.78. The average molecular weight is 236 g/mol. The van der Waals surface area contributed by atoms with E-state index in [2.05, 4.69) is 11.9 Å². The number of unbranched alkanes of at least 4 members (excludes halogenated alkanes) is 4. The lowest BCUT2D eigenvalue weighted by molar-refractivity contribution is 0.116. The van der Waals surface area contributed by atoms with Gasteiger partial charge in [-0.1, -0.05) is 38.7 Å². The zero-order chi connectivity index (χ0) is 12.3. The molecule has 0 radical (unpaired) electrons. The third kappa shape index (κ3) is 5.80. The molecule has 1 rings (SSSR count). The molecule has 3 nitrogen and oxygen atoms in total. The van der Waals surface area contributed by atoms with Gasteiger partial charge < -0.3 is 10.5 Å². The number of hydrogen-bond acceptors (Lipinski definition) is 3. The van der Waals surface area contributed by atoms with Gasteiger partial charge in [0.25, 0.3) is 0 Å². The van der Waals surface area contributed by atoms with Crippen molar-refractivity contribution in [2.24, 2.45) is 5.73 Å². The Morgan fingerprint density at radius 1 is 1.24 bits per heavy atom. The number of rotatable bonds is 9. The maximum Gasteiger partial charge on any atom is 0.0735 e. The fraction of sp³-hybridized carbons (Fsp3) is 0.643. The van der Waals surface area contributed by atoms with Gasteiger partial charge in [-0.25, -0.2) is 0 Å². The monoisotopic (exact) mass is 236 g/mol. The molecule has 0 atom stereocenters. The molecule has 0 saturated heterocycles. The van der Waals surface area contributed by atoms with E-state index in [1.165, 1.54) is 25.7 Å². The first-order chi connectivity index (χ1) is 8.38. The van der Waals surface area contributed by atoms with Gasteiger partial charge in [0.15, 0.2) is 0 Å². The molecule has 0 unspecified atom stereocenters. The van der Waals surface area contributed by atoms with E-state index in [1.807, 2.05) is 12.1 Å². The van der Waals surface area contributed by atoms with Gasteiger partial charge >= 0.3 is 0 Å². The summed E-state index contributed by atoms with van der Waals surface area (Å²) in [5, 5.41) is 0. The summed E-state index contributed by atoms with van der Waals surface area (Å²) < 4.78 is 5.65. The second kappa shape index (κ2) is 9.14. The molecule has 3 heteroatoms. The number of hydrogen-bond donors (Lipinski definition) is 1. The summed E-state index contributed by atoms with van der Waals surface area (Å²) in [7, 11) is 0. The molecular formula is C14H24N2O. The quantitative estimate of drug-likeness (QED) is 0.670. The van der Waals surface area contributed by atoms with Crippen LogP contribution in [-0.2, 0) is 17.9 Å². The van der Waals surface area contributed by atoms with Crippen molar-refractivity contribution >= 4 is 0 Å². The van der Waals surface area contributed by atoms with Crippen molar-refractivity contribution in [1.82, 2.24) is 4.98 Å². The first kappa shape index (κ1) is 14.1. The molecule has 0 aliphatic rings. The lowest BCUT2D eigenvalue weighted by Crippen LogP contribution is -2.06. The van der Waals surface area contributed by atoms with E-state index in [1.54, 1.807) is 6.20 Å². The largest absolute Gasteiger partial charge is 0.377 e. The average Bonchev–Trinajstić information content (AvgIpc) is 2.38. The van der Waals surface area contributed by atoms with E-state index in [0.717, 1.165) is 24.3 Å². The Hall–Kier alpha value is -0.930. The van der Waals surface area contributed by atoms with Crippen molar-refractivity contribution in [3.05, 3.63) is 29.6 Å². The normalized spacial score (nSPS) is 10.7. The van der Waals surface area contributed by atoms with E-state index in [9.17, 15) is 0 Å². The standard InChI is InChI=1S/C14H24N2O/c1-2-3-4-5-6-10-17-12-13-8-7-9-16-14(13)11-15/h7-9H,2-6,10-12,15H2,1H3. The summed E-state index contributed by atoms with van der Waals surface area (Å²) in [5.41, 5.74) is 7.68. The minimum absolute atomic E-state index is 0.482. The molecule has 1 heterocycles. The Kier molecular flexibility index (Phi) is 7.60. The van der Waals surface area contributed by atoms with Gasteiger partial charge in [-0.3, -0.25) is 4.98 Å². The van der Waals surface area contributed by atoms with Crippen molar-refractivity contribution in [3.8, 4) is 0 Å². The molecule has 0 amide bonds. The van der Waals surface area contributed by atoms with Crippen LogP contribution in [0.4, 0.5) is 0 Å². The Morgan fingerprint density at radius 3 is 2.82 bits per heavy atom. The third-order valence-electron chi connectivity index (χ3n) is 2.83. The van der Waals surface area contributed by atoms with Crippen LogP contribution < -0.4 is 5.73 Å². The Morgan fingerprint density at radius 2 is 2.06 bits per heavy atom. The topological polar surface area (TPSA) is 48.1 Å². The maximum atomic E-state index is 5.65. The van der Waals surface area contributed by atoms with E-state index < -0.39 is 0 Å². The zero-order valence-electron chi connectivity index (χ0n) is 10.8. The van der Waals surface area contributed by atoms with Crippen LogP contribution in [0.3, 0.4) is 0 Å². The molecule has 0 aliphatic carbocycles. The molecule has 0 spiro atoms. The highest BCUT2D eigenvalue weighted by Gasteiger charge is 2.00. The van der Waals surface area contributed by atoms with Gasteiger partial charge in [-0.2, -0.15) is 0 Å². The molecule has 0 aliphatic heterocycles. The number of nitrogens with zero attached hydrogens (tertiary/aromatic N) is 1. The summed E-state index contributed by atoms with van der Waals surface area (Å²) in [4.78, 5) is 4.23. The van der Waals surface area contributed by atoms with Crippen LogP contribution in [0, 0.1) is 0 Å². The van der Waals surface area contributed by atoms with Crippen molar-refractivity contribution < 1.29 is 4.74 Å². The molecule has 0 bridgehead atoms. The van der Waals surface area contributed by atoms with Crippen LogP contribution in [-0.4, -0.2) is 11.6 Å². The Bertz CT molecular complexity index is 302. The van der Waals surface area contributed by atoms with Crippen molar-refractivity contribution in [2.45, 2.75) is 52.2 Å². The molecule has 0 saturated carbocycles. The predicted octanol–water partition coefficient (Wildman–Crippen LogP) is 3.03. The number of nitrogens with two attached hydrogens (primary N) is 1. The predicted molar refractivity (Wildman–Crippen MR) is 70.5 cm³/mol. The second-order valence-corrected chi connectivity index (χ2v) is 4.28. The van der Waals surface area contributed by atoms with E-state index in [0.29, 0.717) is 13.2 Å². The zero-order valence-corrected chi connectivity index (χ0v) is 10.8. The minimum Gasteiger partial charge on any atom is -0.377 e. The van der Waals surface area contributed by atoms with Crippen molar-refractivity contribution in [1.29, 1.82) is 0 Å². The molecule has 1 aromatic heterocycles. The highest BCUT2D eigenvalue weighted by atomic mass is 16.5. The van der Waals surface area contributed by atoms with E-state index in [4.69, 9.17) is 10.5 Å². The van der Waals surface area contributed by atoms with Crippen molar-refractivity contribution in [3.63, 3.8) is 0 Å². The highest BCUT2D eigenvalue weighted by Crippen LogP contribution is 2.07. The SMILES string of the molecule is CCCCCCCOCc1cccnc1CN. The molecule has 17 heavy (non-hydrogen) atoms. The molecule has 0 aromatic carbocycles. The lowest BCUT2D eigenvalue weighted by atomic mass is 10.2. The molecular weight excluding hydrogens is 212 g/mol. The van der Waals surface area contributed by atoms with Gasteiger partial charge in [-0.05, 0) is 12.5 Å². The second-order valence-electron chi connectivity index (χ2n) is 4.28. The summed E-state index contributed by atoms with van der Waals surface area (Å²) in [6.07, 6.45) is 8.14. The van der Waals surface area contributed by atoms with Crippen LogP contribution >= 0.6 is 0 Å². The van der Waals surface area contributed by atoms with Crippen molar-refractivity contribution in [2.75, 3.05) is 6.61 Å². The Labute approximate surface area is 104 Å². The third-order valence-corrected chi connectivity index (χ3v) is 2.83. The minimum atomic E-state index is 0.482. The van der Waals surface area contributed by atoms with Gasteiger partial charge in [0.2, 0.25) is 0 Å². The number of pyridine rings is 1. The maximum absolute atomic E-state index is 5.65. The van der Waals surface area contributed by atoms with E-state index >= 15 is 0 Å². The molecule has 2 N–H and O–H groups in total. The van der Waals surface area contributed by atoms with Crippen LogP contribution in [0.25, 0.3) is 0 Å². The number of aromatic nitrogens is 1. The van der Waals surface area contributed by atoms with Crippen LogP contribution in [0.15, 0.2) is 18.3 Å². The number of ether oxygens (including phenoxy) is 1. The summed E-state index contributed by atoms with van der Waals surface area (Å²) >= 11 is 0. The summed E-state index contributed by atoms with van der Waals surface area (Å²) in [6, 6.07) is 3.96. The van der Waals surface area contributed by atoms with Gasteiger partial charge in [0.05, 0.1) is 12.3 Å². The molecule has 1 aromatic rings. The molecule has 0 fully saturated rings. The van der Waals surface area contributed by atoms with Gasteiger partial charge in [-0.15, -0.1) is 0 Å². The van der Waals surface area contributed by atoms with Crippen LogP contribution in [0.1, 0.15) is 50.3 Å². The summed E-state index contributed by atoms with van der Waals surface area (Å²) in [6.45, 7) is 4.18. The first-order valence-electron chi connectivity index (χ1n) is 6.59.